The number of carbonyl (C=O) groups excluding carboxylic acids is 1. The van der Waals surface area contributed by atoms with E-state index in [1.54, 1.807) is 7.05 Å². The third kappa shape index (κ3) is 6.35. The molecule has 8 nitrogen and oxygen atoms in total. The molecule has 0 atom stereocenters. The molecule has 36 heavy (non-hydrogen) atoms. The fraction of sp³-hybridized carbons (Fsp3) is 0.536. The van der Waals surface area contributed by atoms with Crippen molar-refractivity contribution in [3.8, 4) is 0 Å². The third-order valence-corrected chi connectivity index (χ3v) is 6.82. The van der Waals surface area contributed by atoms with Crippen LogP contribution in [-0.2, 0) is 6.54 Å². The zero-order chi connectivity index (χ0) is 25.3. The van der Waals surface area contributed by atoms with Crippen LogP contribution in [0.25, 0.3) is 11.2 Å². The topological polar surface area (TPSA) is 78.3 Å². The number of benzene rings is 1. The van der Waals surface area contributed by atoms with Crippen molar-refractivity contribution in [3.05, 3.63) is 42.0 Å². The van der Waals surface area contributed by atoms with E-state index in [0.717, 1.165) is 74.1 Å². The van der Waals surface area contributed by atoms with Crippen molar-refractivity contribution in [2.75, 3.05) is 50.0 Å². The van der Waals surface area contributed by atoms with E-state index in [2.05, 4.69) is 51.0 Å². The zero-order valence-corrected chi connectivity index (χ0v) is 22.1. The molecule has 1 saturated heterocycles. The number of piperidine rings is 1. The van der Waals surface area contributed by atoms with Gasteiger partial charge in [-0.05, 0) is 88.1 Å². The van der Waals surface area contributed by atoms with Gasteiger partial charge < -0.3 is 20.4 Å². The van der Waals surface area contributed by atoms with Crippen LogP contribution >= 0.6 is 0 Å². The first kappa shape index (κ1) is 25.9. The minimum Gasteiger partial charge on any atom is -0.357 e. The third-order valence-electron chi connectivity index (χ3n) is 6.82. The number of likely N-dealkylation sites (tertiary alicyclic amines) is 1. The van der Waals surface area contributed by atoms with Crippen molar-refractivity contribution in [3.63, 3.8) is 0 Å². The van der Waals surface area contributed by atoms with Gasteiger partial charge in [0.15, 0.2) is 5.65 Å². The number of hydrogen-bond acceptors (Lipinski definition) is 6. The van der Waals surface area contributed by atoms with Crippen LogP contribution in [0, 0.1) is 0 Å². The van der Waals surface area contributed by atoms with E-state index in [1.807, 2.05) is 24.3 Å². The number of rotatable bonds is 12. The Labute approximate surface area is 215 Å². The highest BCUT2D eigenvalue weighted by molar-refractivity contribution is 5.94. The van der Waals surface area contributed by atoms with Gasteiger partial charge in [0.1, 0.15) is 11.3 Å². The quantitative estimate of drug-likeness (QED) is 0.370. The fourth-order valence-electron chi connectivity index (χ4n) is 4.97. The SMILES string of the molecule is CCCN(CCC)c1ccc2nc(Nc3ccc(C(=O)NC)cc3)n(CCCN3CCCCC3)c2n1. The number of hydrogen-bond donors (Lipinski definition) is 2. The number of carbonyl (C=O) groups is 1. The molecule has 1 fully saturated rings. The first-order valence-corrected chi connectivity index (χ1v) is 13.6. The summed E-state index contributed by atoms with van der Waals surface area (Å²) in [5.41, 5.74) is 3.35. The molecule has 4 rings (SSSR count). The molecule has 1 aliphatic heterocycles. The predicted octanol–water partition coefficient (Wildman–Crippen LogP) is 5.04. The van der Waals surface area contributed by atoms with Crippen LogP contribution in [0.1, 0.15) is 62.7 Å². The largest absolute Gasteiger partial charge is 0.357 e. The molecule has 1 amide bonds. The molecule has 0 spiro atoms. The van der Waals surface area contributed by atoms with Gasteiger partial charge in [-0.3, -0.25) is 9.36 Å². The minimum atomic E-state index is -0.0908. The molecule has 0 radical (unpaired) electrons. The van der Waals surface area contributed by atoms with Gasteiger partial charge in [0.25, 0.3) is 5.91 Å². The molecule has 0 aliphatic carbocycles. The van der Waals surface area contributed by atoms with E-state index in [9.17, 15) is 4.79 Å². The Morgan fingerprint density at radius 2 is 1.67 bits per heavy atom. The summed E-state index contributed by atoms with van der Waals surface area (Å²) >= 11 is 0. The van der Waals surface area contributed by atoms with Crippen molar-refractivity contribution in [2.24, 2.45) is 0 Å². The second kappa shape index (κ2) is 12.7. The van der Waals surface area contributed by atoms with Crippen LogP contribution in [0.5, 0.6) is 0 Å². The maximum atomic E-state index is 11.9. The van der Waals surface area contributed by atoms with E-state index >= 15 is 0 Å². The summed E-state index contributed by atoms with van der Waals surface area (Å²) in [6.45, 7) is 10.8. The number of pyridine rings is 1. The maximum Gasteiger partial charge on any atom is 0.251 e. The second-order valence-corrected chi connectivity index (χ2v) is 9.62. The molecule has 2 N–H and O–H groups in total. The first-order chi connectivity index (χ1) is 17.6. The van der Waals surface area contributed by atoms with E-state index in [4.69, 9.17) is 9.97 Å². The van der Waals surface area contributed by atoms with Gasteiger partial charge in [-0.25, -0.2) is 9.97 Å². The summed E-state index contributed by atoms with van der Waals surface area (Å²) < 4.78 is 2.23. The second-order valence-electron chi connectivity index (χ2n) is 9.62. The van der Waals surface area contributed by atoms with Crippen molar-refractivity contribution < 1.29 is 4.79 Å². The molecular formula is C28H41N7O. The number of aryl methyl sites for hydroxylation is 1. The van der Waals surface area contributed by atoms with Gasteiger partial charge in [-0.1, -0.05) is 20.3 Å². The number of anilines is 3. The molecule has 0 bridgehead atoms. The lowest BCUT2D eigenvalue weighted by molar-refractivity contribution is 0.0963. The summed E-state index contributed by atoms with van der Waals surface area (Å²) in [5, 5.41) is 6.15. The molecule has 1 aromatic carbocycles. The normalized spacial score (nSPS) is 14.2. The van der Waals surface area contributed by atoms with Gasteiger partial charge >= 0.3 is 0 Å². The van der Waals surface area contributed by atoms with Crippen LogP contribution in [0.4, 0.5) is 17.5 Å². The fourth-order valence-corrected chi connectivity index (χ4v) is 4.97. The van der Waals surface area contributed by atoms with E-state index in [0.29, 0.717) is 5.56 Å². The average molecular weight is 492 g/mol. The molecular weight excluding hydrogens is 450 g/mol. The van der Waals surface area contributed by atoms with Gasteiger partial charge in [0, 0.05) is 37.9 Å². The number of nitrogens with one attached hydrogen (secondary N) is 2. The molecule has 2 aromatic heterocycles. The van der Waals surface area contributed by atoms with Gasteiger partial charge in [0.2, 0.25) is 5.95 Å². The van der Waals surface area contributed by atoms with Crippen molar-refractivity contribution in [1.82, 2.24) is 24.8 Å². The zero-order valence-electron chi connectivity index (χ0n) is 22.1. The van der Waals surface area contributed by atoms with Crippen molar-refractivity contribution in [2.45, 2.75) is 58.9 Å². The standard InChI is InChI=1S/C28H41N7O/c1-4-16-34(17-5-2)25-15-14-24-26(32-25)35(21-9-20-33-18-7-6-8-19-33)28(31-24)30-23-12-10-22(11-13-23)27(36)29-3/h10-15H,4-9,16-21H2,1-3H3,(H,29,36)(H,30,31). The Morgan fingerprint density at radius 3 is 2.33 bits per heavy atom. The summed E-state index contributed by atoms with van der Waals surface area (Å²) in [6.07, 6.45) is 7.20. The highest BCUT2D eigenvalue weighted by atomic mass is 16.1. The Balaban J connectivity index is 1.61. The lowest BCUT2D eigenvalue weighted by atomic mass is 10.1. The number of nitrogens with zero attached hydrogens (tertiary/aromatic N) is 5. The Kier molecular flexibility index (Phi) is 9.17. The number of aromatic nitrogens is 3. The Hall–Kier alpha value is -3.13. The van der Waals surface area contributed by atoms with E-state index in [-0.39, 0.29) is 5.91 Å². The summed E-state index contributed by atoms with van der Waals surface area (Å²) in [7, 11) is 1.64. The summed E-state index contributed by atoms with van der Waals surface area (Å²) in [5.74, 6) is 1.72. The number of imidazole rings is 1. The van der Waals surface area contributed by atoms with Crippen molar-refractivity contribution >= 4 is 34.5 Å². The minimum absolute atomic E-state index is 0.0908. The molecule has 3 heterocycles. The Bertz CT molecular complexity index is 1110. The monoisotopic (exact) mass is 491 g/mol. The predicted molar refractivity (Wildman–Crippen MR) is 148 cm³/mol. The smallest absolute Gasteiger partial charge is 0.251 e. The summed E-state index contributed by atoms with van der Waals surface area (Å²) in [6, 6.07) is 11.7. The highest BCUT2D eigenvalue weighted by Gasteiger charge is 2.17. The molecule has 1 aliphatic rings. The van der Waals surface area contributed by atoms with Crippen LogP contribution in [0.3, 0.4) is 0 Å². The molecule has 0 saturated carbocycles. The Morgan fingerprint density at radius 1 is 0.944 bits per heavy atom. The first-order valence-electron chi connectivity index (χ1n) is 13.6. The van der Waals surface area contributed by atoms with Crippen LogP contribution in [0.2, 0.25) is 0 Å². The van der Waals surface area contributed by atoms with Gasteiger partial charge in [-0.15, -0.1) is 0 Å². The highest BCUT2D eigenvalue weighted by Crippen LogP contribution is 2.25. The molecule has 8 heteroatoms. The van der Waals surface area contributed by atoms with Crippen molar-refractivity contribution in [1.29, 1.82) is 0 Å². The van der Waals surface area contributed by atoms with Gasteiger partial charge in [0.05, 0.1) is 0 Å². The number of fused-ring (bicyclic) bond motifs is 1. The average Bonchev–Trinajstić information content (AvgIpc) is 3.25. The molecule has 0 unspecified atom stereocenters. The molecule has 194 valence electrons. The van der Waals surface area contributed by atoms with Gasteiger partial charge in [-0.2, -0.15) is 0 Å². The van der Waals surface area contributed by atoms with Crippen LogP contribution in [0.15, 0.2) is 36.4 Å². The summed E-state index contributed by atoms with van der Waals surface area (Å²) in [4.78, 5) is 26.9. The van der Waals surface area contributed by atoms with Crippen LogP contribution < -0.4 is 15.5 Å². The molecule has 3 aromatic rings. The number of amides is 1. The lowest BCUT2D eigenvalue weighted by Gasteiger charge is -2.26. The van der Waals surface area contributed by atoms with E-state index in [1.165, 1.54) is 32.4 Å². The van der Waals surface area contributed by atoms with Crippen LogP contribution in [-0.4, -0.2) is 65.1 Å². The maximum absolute atomic E-state index is 11.9. The lowest BCUT2D eigenvalue weighted by Crippen LogP contribution is -2.31. The van der Waals surface area contributed by atoms with E-state index < -0.39 is 0 Å².